The molecule has 1 N–H and O–H groups in total. The van der Waals surface area contributed by atoms with Gasteiger partial charge >= 0.3 is 0 Å². The molecule has 3 aromatic rings. The number of benzene rings is 3. The molecule has 0 saturated carbocycles. The van der Waals surface area contributed by atoms with Gasteiger partial charge in [-0.15, -0.1) is 0 Å². The second-order valence-electron chi connectivity index (χ2n) is 8.19. The Labute approximate surface area is 205 Å². The zero-order valence-electron chi connectivity index (χ0n) is 19.2. The van der Waals surface area contributed by atoms with Gasteiger partial charge in [0.1, 0.15) is 6.04 Å². The van der Waals surface area contributed by atoms with Crippen LogP contribution in [-0.4, -0.2) is 29.3 Å². The van der Waals surface area contributed by atoms with Crippen LogP contribution < -0.4 is 5.32 Å². The highest BCUT2D eigenvalue weighted by Gasteiger charge is 2.28. The number of amides is 2. The van der Waals surface area contributed by atoms with Gasteiger partial charge in [0, 0.05) is 29.9 Å². The topological polar surface area (TPSA) is 49.4 Å². The minimum atomic E-state index is -0.570. The third-order valence-corrected chi connectivity index (χ3v) is 6.29. The summed E-state index contributed by atoms with van der Waals surface area (Å²) in [7, 11) is 0. The van der Waals surface area contributed by atoms with Crippen molar-refractivity contribution < 1.29 is 9.59 Å². The second-order valence-corrected chi connectivity index (χ2v) is 9.11. The molecular weight excluding hydrogens is 476 g/mol. The predicted octanol–water partition coefficient (Wildman–Crippen LogP) is 5.91. The average molecular weight is 507 g/mol. The molecule has 0 spiro atoms. The standard InChI is InChI=1S/C28H31BrN2O2/c1-3-18-30-28(33)21(2)31(20-22-14-16-25(29)17-15-22)27(32)19-26(23-10-6-4-7-11-23)24-12-8-5-9-13-24/h4-17,21,26H,3,18-20H2,1-2H3,(H,30,33)/t21-/m0/s1. The maximum absolute atomic E-state index is 13.7. The molecule has 0 aliphatic heterocycles. The monoisotopic (exact) mass is 506 g/mol. The first-order chi connectivity index (χ1) is 16.0. The molecule has 4 nitrogen and oxygen atoms in total. The Morgan fingerprint density at radius 2 is 1.42 bits per heavy atom. The predicted molar refractivity (Wildman–Crippen MR) is 137 cm³/mol. The van der Waals surface area contributed by atoms with Crippen LogP contribution in [0.3, 0.4) is 0 Å². The van der Waals surface area contributed by atoms with E-state index in [4.69, 9.17) is 0 Å². The molecule has 0 aliphatic rings. The number of hydrogen-bond acceptors (Lipinski definition) is 2. The van der Waals surface area contributed by atoms with Crippen LogP contribution in [0.2, 0.25) is 0 Å². The van der Waals surface area contributed by atoms with Crippen molar-refractivity contribution in [2.24, 2.45) is 0 Å². The van der Waals surface area contributed by atoms with Crippen LogP contribution in [0.4, 0.5) is 0 Å². The molecular formula is C28H31BrN2O2. The maximum Gasteiger partial charge on any atom is 0.242 e. The summed E-state index contributed by atoms with van der Waals surface area (Å²) in [6.07, 6.45) is 1.14. The molecule has 0 aliphatic carbocycles. The van der Waals surface area contributed by atoms with Crippen molar-refractivity contribution in [3.05, 3.63) is 106 Å². The molecule has 3 rings (SSSR count). The van der Waals surface area contributed by atoms with Crippen molar-refractivity contribution >= 4 is 27.7 Å². The van der Waals surface area contributed by atoms with E-state index in [1.165, 1.54) is 0 Å². The molecule has 1 atom stereocenters. The highest BCUT2D eigenvalue weighted by Crippen LogP contribution is 2.29. The molecule has 3 aromatic carbocycles. The summed E-state index contributed by atoms with van der Waals surface area (Å²) in [6.45, 7) is 4.80. The Morgan fingerprint density at radius 3 is 1.94 bits per heavy atom. The summed E-state index contributed by atoms with van der Waals surface area (Å²) >= 11 is 3.46. The molecule has 33 heavy (non-hydrogen) atoms. The van der Waals surface area contributed by atoms with Gasteiger partial charge < -0.3 is 10.2 Å². The molecule has 0 radical (unpaired) electrons. The number of hydrogen-bond donors (Lipinski definition) is 1. The van der Waals surface area contributed by atoms with Crippen molar-refractivity contribution in [3.8, 4) is 0 Å². The Morgan fingerprint density at radius 1 is 0.879 bits per heavy atom. The van der Waals surface area contributed by atoms with E-state index in [0.717, 1.165) is 27.6 Å². The molecule has 0 aromatic heterocycles. The SMILES string of the molecule is CCCNC(=O)[C@H](C)N(Cc1ccc(Br)cc1)C(=O)CC(c1ccccc1)c1ccccc1. The smallest absolute Gasteiger partial charge is 0.242 e. The van der Waals surface area contributed by atoms with Gasteiger partial charge in [0.25, 0.3) is 0 Å². The molecule has 0 heterocycles. The average Bonchev–Trinajstić information content (AvgIpc) is 2.86. The zero-order chi connectivity index (χ0) is 23.6. The first-order valence-electron chi connectivity index (χ1n) is 11.4. The van der Waals surface area contributed by atoms with E-state index in [-0.39, 0.29) is 24.2 Å². The number of halogens is 1. The molecule has 0 unspecified atom stereocenters. The van der Waals surface area contributed by atoms with E-state index in [9.17, 15) is 9.59 Å². The van der Waals surface area contributed by atoms with E-state index in [1.807, 2.05) is 74.5 Å². The summed E-state index contributed by atoms with van der Waals surface area (Å²) in [5.74, 6) is -0.258. The van der Waals surface area contributed by atoms with Crippen LogP contribution in [0.15, 0.2) is 89.4 Å². The minimum Gasteiger partial charge on any atom is -0.354 e. The Bertz CT molecular complexity index is 983. The van der Waals surface area contributed by atoms with Gasteiger partial charge in [-0.2, -0.15) is 0 Å². The maximum atomic E-state index is 13.7. The Hall–Kier alpha value is -2.92. The van der Waals surface area contributed by atoms with Gasteiger partial charge in [-0.25, -0.2) is 0 Å². The Balaban J connectivity index is 1.89. The largest absolute Gasteiger partial charge is 0.354 e. The van der Waals surface area contributed by atoms with Gasteiger partial charge in [-0.1, -0.05) is 95.7 Å². The van der Waals surface area contributed by atoms with Gasteiger partial charge in [-0.05, 0) is 42.2 Å². The number of nitrogens with one attached hydrogen (secondary N) is 1. The number of carbonyl (C=O) groups is 2. The van der Waals surface area contributed by atoms with Crippen molar-refractivity contribution in [2.75, 3.05) is 6.54 Å². The normalized spacial score (nSPS) is 11.8. The van der Waals surface area contributed by atoms with Gasteiger partial charge in [0.2, 0.25) is 11.8 Å². The first kappa shape index (κ1) is 24.7. The lowest BCUT2D eigenvalue weighted by molar-refractivity contribution is -0.140. The fourth-order valence-corrected chi connectivity index (χ4v) is 4.12. The van der Waals surface area contributed by atoms with Gasteiger partial charge in [0.15, 0.2) is 0 Å². The highest BCUT2D eigenvalue weighted by molar-refractivity contribution is 9.10. The van der Waals surface area contributed by atoms with E-state index in [0.29, 0.717) is 13.1 Å². The van der Waals surface area contributed by atoms with Crippen molar-refractivity contribution in [1.29, 1.82) is 0 Å². The number of rotatable bonds is 10. The molecule has 0 saturated heterocycles. The number of carbonyl (C=O) groups excluding carboxylic acids is 2. The molecule has 0 bridgehead atoms. The minimum absolute atomic E-state index is 0.0465. The molecule has 2 amide bonds. The lowest BCUT2D eigenvalue weighted by Crippen LogP contribution is -2.48. The van der Waals surface area contributed by atoms with E-state index < -0.39 is 6.04 Å². The van der Waals surface area contributed by atoms with Crippen LogP contribution in [0, 0.1) is 0 Å². The van der Waals surface area contributed by atoms with Crippen LogP contribution in [0.1, 0.15) is 49.3 Å². The first-order valence-corrected chi connectivity index (χ1v) is 12.2. The quantitative estimate of drug-likeness (QED) is 0.371. The fraction of sp³-hybridized carbons (Fsp3) is 0.286. The van der Waals surface area contributed by atoms with E-state index in [2.05, 4.69) is 45.5 Å². The summed E-state index contributed by atoms with van der Waals surface area (Å²) in [5, 5.41) is 2.94. The van der Waals surface area contributed by atoms with Gasteiger partial charge in [0.05, 0.1) is 0 Å². The van der Waals surface area contributed by atoms with Crippen LogP contribution in [0.5, 0.6) is 0 Å². The van der Waals surface area contributed by atoms with Crippen LogP contribution >= 0.6 is 15.9 Å². The van der Waals surface area contributed by atoms with E-state index >= 15 is 0 Å². The van der Waals surface area contributed by atoms with Gasteiger partial charge in [-0.3, -0.25) is 9.59 Å². The molecule has 0 fully saturated rings. The third-order valence-electron chi connectivity index (χ3n) is 5.77. The van der Waals surface area contributed by atoms with Crippen LogP contribution in [-0.2, 0) is 16.1 Å². The third kappa shape index (κ3) is 7.03. The lowest BCUT2D eigenvalue weighted by atomic mass is 9.88. The molecule has 172 valence electrons. The summed E-state index contributed by atoms with van der Waals surface area (Å²) in [4.78, 5) is 28.2. The summed E-state index contributed by atoms with van der Waals surface area (Å²) in [6, 6.07) is 27.5. The van der Waals surface area contributed by atoms with Crippen molar-refractivity contribution in [2.45, 2.75) is 45.2 Å². The van der Waals surface area contributed by atoms with Crippen molar-refractivity contribution in [1.82, 2.24) is 10.2 Å². The second kappa shape index (κ2) is 12.4. The van der Waals surface area contributed by atoms with E-state index in [1.54, 1.807) is 4.90 Å². The summed E-state index contributed by atoms with van der Waals surface area (Å²) < 4.78 is 0.978. The van der Waals surface area contributed by atoms with Crippen molar-refractivity contribution in [3.63, 3.8) is 0 Å². The fourth-order valence-electron chi connectivity index (χ4n) is 3.86. The zero-order valence-corrected chi connectivity index (χ0v) is 20.8. The number of nitrogens with zero attached hydrogens (tertiary/aromatic N) is 1. The van der Waals surface area contributed by atoms with Crippen LogP contribution in [0.25, 0.3) is 0 Å². The lowest BCUT2D eigenvalue weighted by Gasteiger charge is -2.30. The Kier molecular flexibility index (Phi) is 9.25. The molecule has 5 heteroatoms. The summed E-state index contributed by atoms with van der Waals surface area (Å²) in [5.41, 5.74) is 3.16. The highest BCUT2D eigenvalue weighted by atomic mass is 79.9.